The summed E-state index contributed by atoms with van der Waals surface area (Å²) in [6.45, 7) is -0.706. The van der Waals surface area contributed by atoms with Crippen molar-refractivity contribution in [3.8, 4) is 0 Å². The maximum atomic E-state index is 10.5. The molecule has 0 amide bonds. The van der Waals surface area contributed by atoms with E-state index in [4.69, 9.17) is 39.9 Å². The summed E-state index contributed by atoms with van der Waals surface area (Å²) in [5.41, 5.74) is -0.139. The van der Waals surface area contributed by atoms with Gasteiger partial charge in [-0.25, -0.2) is 0 Å². The molecule has 86 valence electrons. The van der Waals surface area contributed by atoms with Gasteiger partial charge in [0.1, 0.15) is 6.61 Å². The fourth-order valence-corrected chi connectivity index (χ4v) is 1.94. The van der Waals surface area contributed by atoms with Crippen LogP contribution in [0.25, 0.3) is 6.08 Å². The molecule has 0 unspecified atom stereocenters. The van der Waals surface area contributed by atoms with Gasteiger partial charge >= 0.3 is 0 Å². The molecule has 0 aliphatic carbocycles. The van der Waals surface area contributed by atoms with Crippen molar-refractivity contribution in [2.75, 3.05) is 6.61 Å². The molecule has 0 aliphatic rings. The molecular formula is C9H6Cl3NO3. The van der Waals surface area contributed by atoms with E-state index in [1.165, 1.54) is 12.1 Å². The summed E-state index contributed by atoms with van der Waals surface area (Å²) in [6.07, 6.45) is 1.11. The number of hydrogen-bond donors (Lipinski definition) is 1. The van der Waals surface area contributed by atoms with Crippen molar-refractivity contribution in [2.24, 2.45) is 0 Å². The van der Waals surface area contributed by atoms with Gasteiger partial charge in [0, 0.05) is 16.7 Å². The molecule has 1 N–H and O–H groups in total. The number of benzene rings is 1. The molecule has 4 nitrogen and oxygen atoms in total. The lowest BCUT2D eigenvalue weighted by Gasteiger charge is -2.03. The molecule has 0 saturated heterocycles. The highest BCUT2D eigenvalue weighted by Crippen LogP contribution is 2.30. The van der Waals surface area contributed by atoms with Crippen LogP contribution in [0.4, 0.5) is 0 Å². The molecule has 7 heteroatoms. The van der Waals surface area contributed by atoms with E-state index in [2.05, 4.69) is 0 Å². The molecule has 0 aromatic heterocycles. The number of nitro groups is 1. The second-order valence-electron chi connectivity index (χ2n) is 2.83. The number of nitrogens with zero attached hydrogens (tertiary/aromatic N) is 1. The number of aliphatic hydroxyl groups is 1. The second-order valence-corrected chi connectivity index (χ2v) is 4.08. The maximum Gasteiger partial charge on any atom is 0.272 e. The van der Waals surface area contributed by atoms with E-state index in [1.54, 1.807) is 0 Å². The summed E-state index contributed by atoms with van der Waals surface area (Å²) in [5.74, 6) is 0. The highest BCUT2D eigenvalue weighted by atomic mass is 35.5. The Labute approximate surface area is 106 Å². The first-order chi connectivity index (χ1) is 7.45. The number of hydrogen-bond acceptors (Lipinski definition) is 3. The zero-order valence-electron chi connectivity index (χ0n) is 7.78. The van der Waals surface area contributed by atoms with Gasteiger partial charge in [-0.05, 0) is 12.1 Å². The van der Waals surface area contributed by atoms with Crippen molar-refractivity contribution < 1.29 is 10.0 Å². The average Bonchev–Trinajstić information content (AvgIpc) is 2.15. The maximum absolute atomic E-state index is 10.5. The SMILES string of the molecule is O=[N+]([O-])C(=Cc1c(Cl)cc(Cl)cc1Cl)CO. The largest absolute Gasteiger partial charge is 0.385 e. The average molecular weight is 283 g/mol. The quantitative estimate of drug-likeness (QED) is 0.683. The first-order valence-electron chi connectivity index (χ1n) is 4.06. The summed E-state index contributed by atoms with van der Waals surface area (Å²) in [6, 6.07) is 2.82. The Hall–Kier alpha value is -0.810. The predicted octanol–water partition coefficient (Wildman–Crippen LogP) is 3.26. The molecule has 0 bridgehead atoms. The molecular weight excluding hydrogens is 276 g/mol. The van der Waals surface area contributed by atoms with Crippen molar-refractivity contribution in [3.63, 3.8) is 0 Å². The normalized spacial score (nSPS) is 11.6. The Kier molecular flexibility index (Phi) is 4.56. The van der Waals surface area contributed by atoms with Crippen LogP contribution in [0, 0.1) is 10.1 Å². The summed E-state index contributed by atoms with van der Waals surface area (Å²) in [5, 5.41) is 20.0. The van der Waals surface area contributed by atoms with Crippen LogP contribution in [0.1, 0.15) is 5.56 Å². The van der Waals surface area contributed by atoms with Gasteiger partial charge in [0.2, 0.25) is 0 Å². The van der Waals surface area contributed by atoms with Gasteiger partial charge in [-0.1, -0.05) is 34.8 Å². The van der Waals surface area contributed by atoms with Crippen molar-refractivity contribution in [2.45, 2.75) is 0 Å². The van der Waals surface area contributed by atoms with Crippen LogP contribution in [0.3, 0.4) is 0 Å². The number of aliphatic hydroxyl groups excluding tert-OH is 1. The van der Waals surface area contributed by atoms with E-state index < -0.39 is 17.2 Å². The van der Waals surface area contributed by atoms with E-state index >= 15 is 0 Å². The molecule has 1 aromatic carbocycles. The first kappa shape index (κ1) is 13.3. The Morgan fingerprint density at radius 2 is 1.88 bits per heavy atom. The van der Waals surface area contributed by atoms with Gasteiger partial charge in [-0.3, -0.25) is 10.1 Å². The van der Waals surface area contributed by atoms with Crippen LogP contribution in [-0.2, 0) is 0 Å². The fraction of sp³-hybridized carbons (Fsp3) is 0.111. The van der Waals surface area contributed by atoms with Crippen LogP contribution in [0.15, 0.2) is 17.8 Å². The molecule has 0 heterocycles. The second kappa shape index (κ2) is 5.50. The third-order valence-corrected chi connectivity index (χ3v) is 2.59. The topological polar surface area (TPSA) is 63.4 Å². The zero-order chi connectivity index (χ0) is 12.3. The van der Waals surface area contributed by atoms with Gasteiger partial charge in [-0.2, -0.15) is 0 Å². The van der Waals surface area contributed by atoms with E-state index in [0.717, 1.165) is 6.08 Å². The lowest BCUT2D eigenvalue weighted by Crippen LogP contribution is -2.03. The molecule has 1 aromatic rings. The Bertz CT molecular complexity index is 436. The lowest BCUT2D eigenvalue weighted by molar-refractivity contribution is -0.428. The van der Waals surface area contributed by atoms with Crippen LogP contribution < -0.4 is 0 Å². The van der Waals surface area contributed by atoms with Crippen molar-refractivity contribution >= 4 is 40.9 Å². The molecule has 0 atom stereocenters. The molecule has 1 rings (SSSR count). The summed E-state index contributed by atoms with van der Waals surface area (Å²) < 4.78 is 0. The minimum absolute atomic E-state index is 0.185. The highest BCUT2D eigenvalue weighted by Gasteiger charge is 2.13. The predicted molar refractivity (Wildman–Crippen MR) is 63.5 cm³/mol. The van der Waals surface area contributed by atoms with E-state index in [-0.39, 0.29) is 15.6 Å². The lowest BCUT2D eigenvalue weighted by atomic mass is 10.2. The van der Waals surface area contributed by atoms with Crippen molar-refractivity contribution in [1.29, 1.82) is 0 Å². The van der Waals surface area contributed by atoms with Gasteiger partial charge in [0.15, 0.2) is 0 Å². The van der Waals surface area contributed by atoms with Crippen LogP contribution >= 0.6 is 34.8 Å². The minimum Gasteiger partial charge on any atom is -0.385 e. The molecule has 0 saturated carbocycles. The fourth-order valence-electron chi connectivity index (χ4n) is 1.01. The van der Waals surface area contributed by atoms with E-state index in [1.807, 2.05) is 0 Å². The van der Waals surface area contributed by atoms with Crippen LogP contribution in [0.5, 0.6) is 0 Å². The third kappa shape index (κ3) is 3.09. The molecule has 0 radical (unpaired) electrons. The smallest absolute Gasteiger partial charge is 0.272 e. The minimum atomic E-state index is -0.707. The van der Waals surface area contributed by atoms with E-state index in [9.17, 15) is 10.1 Å². The van der Waals surface area contributed by atoms with Crippen molar-refractivity contribution in [3.05, 3.63) is 48.6 Å². The number of halogens is 3. The third-order valence-electron chi connectivity index (χ3n) is 1.75. The monoisotopic (exact) mass is 281 g/mol. The Morgan fingerprint density at radius 3 is 2.25 bits per heavy atom. The summed E-state index contributed by atoms with van der Waals surface area (Å²) >= 11 is 17.3. The Balaban J connectivity index is 3.29. The zero-order valence-corrected chi connectivity index (χ0v) is 10.1. The van der Waals surface area contributed by atoms with E-state index in [0.29, 0.717) is 5.02 Å². The van der Waals surface area contributed by atoms with Gasteiger partial charge < -0.3 is 5.11 Å². The van der Waals surface area contributed by atoms with Crippen molar-refractivity contribution in [1.82, 2.24) is 0 Å². The number of rotatable bonds is 3. The molecule has 16 heavy (non-hydrogen) atoms. The van der Waals surface area contributed by atoms with Gasteiger partial charge in [-0.15, -0.1) is 0 Å². The standard InChI is InChI=1S/C9H6Cl3NO3/c10-5-1-8(11)7(9(12)2-5)3-6(4-14)13(15)16/h1-3,14H,4H2. The first-order valence-corrected chi connectivity index (χ1v) is 5.19. The van der Waals surface area contributed by atoms with Gasteiger partial charge in [0.05, 0.1) is 15.0 Å². The summed E-state index contributed by atoms with van der Waals surface area (Å²) in [7, 11) is 0. The summed E-state index contributed by atoms with van der Waals surface area (Å²) in [4.78, 5) is 9.78. The molecule has 0 fully saturated rings. The Morgan fingerprint density at radius 1 is 1.38 bits per heavy atom. The van der Waals surface area contributed by atoms with Crippen LogP contribution in [-0.4, -0.2) is 16.6 Å². The molecule has 0 aliphatic heterocycles. The van der Waals surface area contributed by atoms with Gasteiger partial charge in [0.25, 0.3) is 5.70 Å². The molecule has 0 spiro atoms. The highest BCUT2D eigenvalue weighted by molar-refractivity contribution is 6.40. The van der Waals surface area contributed by atoms with Crippen LogP contribution in [0.2, 0.25) is 15.1 Å².